The van der Waals surface area contributed by atoms with Crippen LogP contribution in [-0.4, -0.2) is 35.9 Å². The van der Waals surface area contributed by atoms with E-state index in [2.05, 4.69) is 22.5 Å². The molecule has 92 valence electrons. The summed E-state index contributed by atoms with van der Waals surface area (Å²) in [6.45, 7) is 1.09. The maximum atomic E-state index is 12.2. The molecule has 8 heteroatoms. The second kappa shape index (κ2) is 4.55. The minimum absolute atomic E-state index is 0.0104. The van der Waals surface area contributed by atoms with Crippen molar-refractivity contribution in [3.05, 3.63) is 18.3 Å². The van der Waals surface area contributed by atoms with Crippen molar-refractivity contribution >= 4 is 33.2 Å². The highest BCUT2D eigenvalue weighted by Crippen LogP contribution is 2.25. The Morgan fingerprint density at radius 3 is 2.76 bits per heavy atom. The van der Waals surface area contributed by atoms with E-state index in [-0.39, 0.29) is 15.8 Å². The number of thiocarbonyl (C=S) groups is 1. The van der Waals surface area contributed by atoms with E-state index in [0.717, 1.165) is 6.42 Å². The molecule has 0 radical (unpaired) electrons. The molecule has 0 spiro atoms. The number of nitrogens with zero attached hydrogens (tertiary/aromatic N) is 2. The molecular weight excluding hydrogens is 260 g/mol. The van der Waals surface area contributed by atoms with E-state index in [1.54, 1.807) is 6.07 Å². The highest BCUT2D eigenvalue weighted by molar-refractivity contribution is 7.89. The van der Waals surface area contributed by atoms with E-state index in [9.17, 15) is 8.42 Å². The lowest BCUT2D eigenvalue weighted by atomic mass is 10.3. The number of anilines is 1. The van der Waals surface area contributed by atoms with Crippen LogP contribution < -0.4 is 11.1 Å². The smallest absolute Gasteiger partial charge is 0.246 e. The average Bonchev–Trinajstić information content (AvgIpc) is 2.13. The molecule has 0 saturated carbocycles. The number of sulfonamides is 1. The summed E-state index contributed by atoms with van der Waals surface area (Å²) >= 11 is 4.69. The van der Waals surface area contributed by atoms with Crippen molar-refractivity contribution in [1.82, 2.24) is 9.29 Å². The zero-order chi connectivity index (χ0) is 12.5. The van der Waals surface area contributed by atoms with Crippen molar-refractivity contribution in [2.45, 2.75) is 11.3 Å². The van der Waals surface area contributed by atoms with E-state index in [1.807, 2.05) is 0 Å². The summed E-state index contributed by atoms with van der Waals surface area (Å²) in [6, 6.07) is 3.05. The molecule has 1 aromatic heterocycles. The van der Waals surface area contributed by atoms with Crippen LogP contribution in [0.3, 0.4) is 0 Å². The molecule has 6 nitrogen and oxygen atoms in total. The van der Waals surface area contributed by atoms with Crippen LogP contribution in [0.4, 0.5) is 5.82 Å². The van der Waals surface area contributed by atoms with E-state index in [1.165, 1.54) is 16.6 Å². The number of nitrogens with one attached hydrogen (secondary N) is 1. The standard InChI is InChI=1S/C9H12N4O2S2/c10-9(16)12-8-7(3-1-4-11-8)17(14,15)13-5-2-6-13/h1,3-4H,2,5-6H2,(H3,10,11,12,16). The third-order valence-electron chi connectivity index (χ3n) is 2.45. The summed E-state index contributed by atoms with van der Waals surface area (Å²) in [5, 5.41) is 2.56. The first-order chi connectivity index (χ1) is 8.01. The summed E-state index contributed by atoms with van der Waals surface area (Å²) < 4.78 is 25.8. The first kappa shape index (κ1) is 12.2. The molecular formula is C9H12N4O2S2. The lowest BCUT2D eigenvalue weighted by molar-refractivity contribution is 0.309. The fourth-order valence-corrected chi connectivity index (χ4v) is 3.19. The van der Waals surface area contributed by atoms with Gasteiger partial charge in [-0.25, -0.2) is 13.4 Å². The van der Waals surface area contributed by atoms with Gasteiger partial charge in [0, 0.05) is 19.3 Å². The molecule has 0 aliphatic carbocycles. The van der Waals surface area contributed by atoms with Gasteiger partial charge in [-0.15, -0.1) is 0 Å². The maximum Gasteiger partial charge on any atom is 0.246 e. The fourth-order valence-electron chi connectivity index (χ4n) is 1.48. The number of nitrogens with two attached hydrogens (primary N) is 1. The van der Waals surface area contributed by atoms with Crippen molar-refractivity contribution in [2.75, 3.05) is 18.4 Å². The van der Waals surface area contributed by atoms with Crippen molar-refractivity contribution < 1.29 is 8.42 Å². The molecule has 1 aliphatic heterocycles. The lowest BCUT2D eigenvalue weighted by Crippen LogP contribution is -2.42. The first-order valence-electron chi connectivity index (χ1n) is 5.03. The largest absolute Gasteiger partial charge is 0.376 e. The van der Waals surface area contributed by atoms with E-state index in [0.29, 0.717) is 13.1 Å². The molecule has 1 aromatic rings. The van der Waals surface area contributed by atoms with Gasteiger partial charge >= 0.3 is 0 Å². The molecule has 17 heavy (non-hydrogen) atoms. The van der Waals surface area contributed by atoms with E-state index < -0.39 is 10.0 Å². The van der Waals surface area contributed by atoms with Crippen LogP contribution in [0.15, 0.2) is 23.2 Å². The van der Waals surface area contributed by atoms with Gasteiger partial charge in [0.2, 0.25) is 10.0 Å². The molecule has 0 unspecified atom stereocenters. The second-order valence-corrected chi connectivity index (χ2v) is 5.94. The number of hydrogen-bond acceptors (Lipinski definition) is 4. The summed E-state index contributed by atoms with van der Waals surface area (Å²) in [7, 11) is -3.49. The van der Waals surface area contributed by atoms with Gasteiger partial charge in [-0.05, 0) is 30.8 Å². The van der Waals surface area contributed by atoms with Crippen LogP contribution in [0, 0.1) is 0 Å². The predicted molar refractivity (Wildman–Crippen MR) is 68.0 cm³/mol. The third-order valence-corrected chi connectivity index (χ3v) is 4.48. The summed E-state index contributed by atoms with van der Waals surface area (Å²) in [4.78, 5) is 4.05. The Bertz CT molecular complexity index is 540. The molecule has 0 amide bonds. The van der Waals surface area contributed by atoms with Crippen molar-refractivity contribution in [3.63, 3.8) is 0 Å². The van der Waals surface area contributed by atoms with Gasteiger partial charge < -0.3 is 11.1 Å². The molecule has 0 bridgehead atoms. The fraction of sp³-hybridized carbons (Fsp3) is 0.333. The van der Waals surface area contributed by atoms with Gasteiger partial charge in [0.05, 0.1) is 0 Å². The maximum absolute atomic E-state index is 12.2. The minimum atomic E-state index is -3.49. The van der Waals surface area contributed by atoms with Crippen LogP contribution >= 0.6 is 12.2 Å². The monoisotopic (exact) mass is 272 g/mol. The Balaban J connectivity index is 2.40. The molecule has 0 aromatic carbocycles. The molecule has 0 atom stereocenters. The van der Waals surface area contributed by atoms with Gasteiger partial charge in [-0.1, -0.05) is 0 Å². The summed E-state index contributed by atoms with van der Waals surface area (Å²) in [5.41, 5.74) is 5.33. The molecule has 2 heterocycles. The normalized spacial score (nSPS) is 16.2. The van der Waals surface area contributed by atoms with Crippen LogP contribution in [0.25, 0.3) is 0 Å². The number of rotatable bonds is 3. The SMILES string of the molecule is NC(=S)Nc1ncccc1S(=O)(=O)N1CCC1. The number of aromatic nitrogens is 1. The third kappa shape index (κ3) is 2.38. The van der Waals surface area contributed by atoms with Gasteiger partial charge in [0.1, 0.15) is 4.90 Å². The van der Waals surface area contributed by atoms with E-state index in [4.69, 9.17) is 5.73 Å². The molecule has 1 fully saturated rings. The summed E-state index contributed by atoms with van der Waals surface area (Å²) in [5.74, 6) is 0.173. The van der Waals surface area contributed by atoms with Gasteiger partial charge in [-0.3, -0.25) is 0 Å². The van der Waals surface area contributed by atoms with Crippen molar-refractivity contribution in [3.8, 4) is 0 Å². The number of hydrogen-bond donors (Lipinski definition) is 2. The van der Waals surface area contributed by atoms with E-state index >= 15 is 0 Å². The molecule has 2 rings (SSSR count). The first-order valence-corrected chi connectivity index (χ1v) is 6.88. The quantitative estimate of drug-likeness (QED) is 0.761. The second-order valence-electron chi connectivity index (χ2n) is 3.60. The minimum Gasteiger partial charge on any atom is -0.376 e. The molecule has 3 N–H and O–H groups in total. The average molecular weight is 272 g/mol. The van der Waals surface area contributed by atoms with Gasteiger partial charge in [-0.2, -0.15) is 4.31 Å². The Kier molecular flexibility index (Phi) is 3.27. The topological polar surface area (TPSA) is 88.3 Å². The van der Waals surface area contributed by atoms with Crippen LogP contribution in [-0.2, 0) is 10.0 Å². The predicted octanol–water partition coefficient (Wildman–Crippen LogP) is 0.132. The Morgan fingerprint density at radius 1 is 1.53 bits per heavy atom. The molecule has 1 saturated heterocycles. The number of pyridine rings is 1. The highest BCUT2D eigenvalue weighted by atomic mass is 32.2. The Labute approximate surface area is 105 Å². The Morgan fingerprint density at radius 2 is 2.24 bits per heavy atom. The zero-order valence-corrected chi connectivity index (χ0v) is 10.6. The zero-order valence-electron chi connectivity index (χ0n) is 8.96. The Hall–Kier alpha value is -1.25. The van der Waals surface area contributed by atoms with Crippen molar-refractivity contribution in [1.29, 1.82) is 0 Å². The van der Waals surface area contributed by atoms with Crippen LogP contribution in [0.1, 0.15) is 6.42 Å². The summed E-state index contributed by atoms with van der Waals surface area (Å²) in [6.07, 6.45) is 2.37. The van der Waals surface area contributed by atoms with Gasteiger partial charge in [0.15, 0.2) is 10.9 Å². The highest BCUT2D eigenvalue weighted by Gasteiger charge is 2.31. The van der Waals surface area contributed by atoms with Crippen molar-refractivity contribution in [2.24, 2.45) is 5.73 Å². The molecule has 1 aliphatic rings. The lowest BCUT2D eigenvalue weighted by Gasteiger charge is -2.30. The van der Waals surface area contributed by atoms with Gasteiger partial charge in [0.25, 0.3) is 0 Å². The van der Waals surface area contributed by atoms with Crippen LogP contribution in [0.5, 0.6) is 0 Å². The van der Waals surface area contributed by atoms with Crippen LogP contribution in [0.2, 0.25) is 0 Å².